The van der Waals surface area contributed by atoms with Crippen LogP contribution in [-0.2, 0) is 9.63 Å². The summed E-state index contributed by atoms with van der Waals surface area (Å²) in [4.78, 5) is 17.9. The SMILES string of the molecule is C/C(=N/OC(C)(C)C)C1(NO)C(=O)N(C)N=C1C(C)(C)C. The van der Waals surface area contributed by atoms with Gasteiger partial charge in [-0.2, -0.15) is 10.6 Å². The minimum atomic E-state index is -1.49. The molecule has 120 valence electrons. The van der Waals surface area contributed by atoms with Gasteiger partial charge in [0.2, 0.25) is 5.54 Å². The van der Waals surface area contributed by atoms with E-state index in [4.69, 9.17) is 4.84 Å². The van der Waals surface area contributed by atoms with Gasteiger partial charge in [0.25, 0.3) is 5.91 Å². The lowest BCUT2D eigenvalue weighted by Gasteiger charge is -2.32. The van der Waals surface area contributed by atoms with Gasteiger partial charge >= 0.3 is 0 Å². The maximum Gasteiger partial charge on any atom is 0.276 e. The van der Waals surface area contributed by atoms with Crippen LogP contribution in [0.5, 0.6) is 0 Å². The van der Waals surface area contributed by atoms with Gasteiger partial charge in [0.05, 0.1) is 11.4 Å². The van der Waals surface area contributed by atoms with Crippen molar-refractivity contribution < 1.29 is 14.8 Å². The Morgan fingerprint density at radius 3 is 2.24 bits per heavy atom. The summed E-state index contributed by atoms with van der Waals surface area (Å²) in [6.07, 6.45) is 0. The Morgan fingerprint density at radius 1 is 1.33 bits per heavy atom. The first-order valence-corrected chi connectivity index (χ1v) is 6.88. The molecular formula is C14H26N4O3. The highest BCUT2D eigenvalue weighted by Crippen LogP contribution is 2.32. The molecule has 1 aliphatic heterocycles. The van der Waals surface area contributed by atoms with Gasteiger partial charge in [-0.3, -0.25) is 4.79 Å². The molecule has 0 aliphatic carbocycles. The molecule has 1 unspecified atom stereocenters. The molecule has 1 rings (SSSR count). The Bertz CT molecular complexity index is 485. The number of likely N-dealkylation sites (N-methyl/N-ethyl adjacent to an activating group) is 1. The highest BCUT2D eigenvalue weighted by atomic mass is 16.6. The first-order chi connectivity index (χ1) is 9.36. The molecule has 0 aromatic rings. The van der Waals surface area contributed by atoms with Crippen molar-refractivity contribution in [1.29, 1.82) is 0 Å². The van der Waals surface area contributed by atoms with Crippen LogP contribution in [0.15, 0.2) is 10.3 Å². The van der Waals surface area contributed by atoms with E-state index in [0.717, 1.165) is 0 Å². The van der Waals surface area contributed by atoms with Crippen LogP contribution in [-0.4, -0.2) is 45.7 Å². The molecule has 7 nitrogen and oxygen atoms in total. The summed E-state index contributed by atoms with van der Waals surface area (Å²) >= 11 is 0. The standard InChI is InChI=1S/C14H26N4O3/c1-9(16-21-13(5,6)7)14(17-20)10(12(2,3)4)15-18(8)11(14)19/h17,20H,1-8H3/b16-9-. The molecule has 1 atom stereocenters. The molecule has 7 heteroatoms. The predicted molar refractivity (Wildman–Crippen MR) is 81.3 cm³/mol. The molecular weight excluding hydrogens is 272 g/mol. The number of carbonyl (C=O) groups is 1. The second kappa shape index (κ2) is 5.38. The smallest absolute Gasteiger partial charge is 0.276 e. The largest absolute Gasteiger partial charge is 0.390 e. The fourth-order valence-corrected chi connectivity index (χ4v) is 2.11. The number of carbonyl (C=O) groups excluding carboxylic acids is 1. The van der Waals surface area contributed by atoms with E-state index in [-0.39, 0.29) is 0 Å². The summed E-state index contributed by atoms with van der Waals surface area (Å²) in [5.41, 5.74) is 0.496. The van der Waals surface area contributed by atoms with E-state index in [1.807, 2.05) is 41.5 Å². The number of hydrogen-bond acceptors (Lipinski definition) is 6. The first-order valence-electron chi connectivity index (χ1n) is 6.88. The van der Waals surface area contributed by atoms with E-state index in [0.29, 0.717) is 11.4 Å². The van der Waals surface area contributed by atoms with Gasteiger partial charge in [-0.15, -0.1) is 0 Å². The van der Waals surface area contributed by atoms with Crippen LogP contribution in [0, 0.1) is 5.41 Å². The lowest BCUT2D eigenvalue weighted by atomic mass is 9.75. The first kappa shape index (κ1) is 17.6. The summed E-state index contributed by atoms with van der Waals surface area (Å²) in [7, 11) is 1.55. The number of hydrogen-bond donors (Lipinski definition) is 2. The summed E-state index contributed by atoms with van der Waals surface area (Å²) in [6, 6.07) is 0. The molecule has 0 fully saturated rings. The second-order valence-electron chi connectivity index (χ2n) is 7.27. The van der Waals surface area contributed by atoms with E-state index in [1.54, 1.807) is 14.0 Å². The number of oxime groups is 1. The molecule has 1 amide bonds. The van der Waals surface area contributed by atoms with Gasteiger partial charge < -0.3 is 10.0 Å². The van der Waals surface area contributed by atoms with Crippen molar-refractivity contribution in [2.75, 3.05) is 7.05 Å². The molecule has 0 saturated heterocycles. The molecule has 0 spiro atoms. The minimum absolute atomic E-state index is 0.308. The third-order valence-electron chi connectivity index (χ3n) is 3.10. The Labute approximate surface area is 126 Å². The van der Waals surface area contributed by atoms with Crippen molar-refractivity contribution in [2.45, 2.75) is 59.6 Å². The molecule has 2 N–H and O–H groups in total. The van der Waals surface area contributed by atoms with Crippen LogP contribution in [0.4, 0.5) is 0 Å². The van der Waals surface area contributed by atoms with Crippen LogP contribution in [0.2, 0.25) is 0 Å². The number of nitrogens with one attached hydrogen (secondary N) is 1. The summed E-state index contributed by atoms with van der Waals surface area (Å²) in [5.74, 6) is -0.395. The third-order valence-corrected chi connectivity index (χ3v) is 3.10. The van der Waals surface area contributed by atoms with Crippen LogP contribution >= 0.6 is 0 Å². The molecule has 0 aromatic heterocycles. The maximum atomic E-state index is 12.5. The zero-order chi connectivity index (χ0) is 16.6. The third kappa shape index (κ3) is 3.24. The summed E-state index contributed by atoms with van der Waals surface area (Å²) < 4.78 is 0. The predicted octanol–water partition coefficient (Wildman–Crippen LogP) is 1.77. The van der Waals surface area contributed by atoms with Crippen molar-refractivity contribution in [3.8, 4) is 0 Å². The van der Waals surface area contributed by atoms with E-state index in [1.165, 1.54) is 5.01 Å². The highest BCUT2D eigenvalue weighted by molar-refractivity contribution is 6.34. The monoisotopic (exact) mass is 298 g/mol. The Balaban J connectivity index is 3.35. The van der Waals surface area contributed by atoms with E-state index >= 15 is 0 Å². The molecule has 0 radical (unpaired) electrons. The average Bonchev–Trinajstić information content (AvgIpc) is 2.59. The zero-order valence-corrected chi connectivity index (χ0v) is 14.1. The van der Waals surface area contributed by atoms with Crippen molar-refractivity contribution >= 4 is 17.3 Å². The minimum Gasteiger partial charge on any atom is -0.390 e. The fourth-order valence-electron chi connectivity index (χ4n) is 2.11. The van der Waals surface area contributed by atoms with Crippen molar-refractivity contribution in [2.24, 2.45) is 15.7 Å². The second-order valence-corrected chi connectivity index (χ2v) is 7.27. The fraction of sp³-hybridized carbons (Fsp3) is 0.786. The lowest BCUT2D eigenvalue weighted by Crippen LogP contribution is -2.63. The molecule has 0 aromatic carbocycles. The molecule has 21 heavy (non-hydrogen) atoms. The highest BCUT2D eigenvalue weighted by Gasteiger charge is 2.56. The Kier molecular flexibility index (Phi) is 4.51. The molecule has 0 saturated carbocycles. The normalized spacial score (nSPS) is 24.4. The van der Waals surface area contributed by atoms with E-state index in [9.17, 15) is 10.0 Å². The van der Waals surface area contributed by atoms with Gasteiger partial charge in [0.1, 0.15) is 5.60 Å². The van der Waals surface area contributed by atoms with Gasteiger partial charge in [-0.25, -0.2) is 5.01 Å². The summed E-state index contributed by atoms with van der Waals surface area (Å²) in [6.45, 7) is 12.9. The number of nitrogens with zero attached hydrogens (tertiary/aromatic N) is 3. The number of rotatable bonds is 3. The number of amides is 1. The molecule has 1 aliphatic rings. The number of hydroxylamine groups is 1. The lowest BCUT2D eigenvalue weighted by molar-refractivity contribution is -0.133. The van der Waals surface area contributed by atoms with E-state index in [2.05, 4.69) is 15.7 Å². The molecule has 0 bridgehead atoms. The zero-order valence-electron chi connectivity index (χ0n) is 14.1. The average molecular weight is 298 g/mol. The summed E-state index contributed by atoms with van der Waals surface area (Å²) in [5, 5.41) is 19.2. The number of hydrazone groups is 1. The Morgan fingerprint density at radius 2 is 1.86 bits per heavy atom. The quantitative estimate of drug-likeness (QED) is 0.614. The van der Waals surface area contributed by atoms with Gasteiger partial charge in [-0.05, 0) is 27.7 Å². The van der Waals surface area contributed by atoms with Crippen LogP contribution in [0.1, 0.15) is 48.5 Å². The molecule has 1 heterocycles. The van der Waals surface area contributed by atoms with Crippen LogP contribution in [0.25, 0.3) is 0 Å². The van der Waals surface area contributed by atoms with Gasteiger partial charge in [-0.1, -0.05) is 25.9 Å². The van der Waals surface area contributed by atoms with Crippen molar-refractivity contribution in [3.63, 3.8) is 0 Å². The van der Waals surface area contributed by atoms with Crippen LogP contribution in [0.3, 0.4) is 0 Å². The van der Waals surface area contributed by atoms with Crippen molar-refractivity contribution in [1.82, 2.24) is 10.5 Å². The van der Waals surface area contributed by atoms with Crippen molar-refractivity contribution in [3.05, 3.63) is 0 Å². The van der Waals surface area contributed by atoms with E-state index < -0.39 is 22.5 Å². The maximum absolute atomic E-state index is 12.5. The Hall–Kier alpha value is -1.47. The van der Waals surface area contributed by atoms with Gasteiger partial charge in [0.15, 0.2) is 0 Å². The van der Waals surface area contributed by atoms with Gasteiger partial charge in [0, 0.05) is 12.5 Å². The topological polar surface area (TPSA) is 86.5 Å². The van der Waals surface area contributed by atoms with Crippen LogP contribution < -0.4 is 5.48 Å².